The van der Waals surface area contributed by atoms with Crippen molar-refractivity contribution < 1.29 is 10.3 Å². The zero-order valence-electron chi connectivity index (χ0n) is 17.8. The number of rotatable bonds is 6. The summed E-state index contributed by atoms with van der Waals surface area (Å²) in [6.45, 7) is 6.80. The van der Waals surface area contributed by atoms with E-state index in [1.54, 1.807) is 17.6 Å². The Morgan fingerprint density at radius 1 is 1.00 bits per heavy atom. The predicted octanol–water partition coefficient (Wildman–Crippen LogP) is 4.11. The number of amides is 1. The van der Waals surface area contributed by atoms with Crippen molar-refractivity contribution in [2.24, 2.45) is 0 Å². The van der Waals surface area contributed by atoms with Crippen LogP contribution in [0.2, 0.25) is 5.02 Å². The molecule has 0 aliphatic carbocycles. The minimum absolute atomic E-state index is 0. The van der Waals surface area contributed by atoms with E-state index in [2.05, 4.69) is 34.1 Å². The lowest BCUT2D eigenvalue weighted by Crippen LogP contribution is -2.46. The Hall–Kier alpha value is -1.90. The minimum atomic E-state index is 0. The average molecular weight is 495 g/mol. The Morgan fingerprint density at radius 2 is 1.75 bits per heavy atom. The highest BCUT2D eigenvalue weighted by molar-refractivity contribution is 7.13. The number of piperazine rings is 1. The number of nitrogens with zero attached hydrogens (tertiary/aromatic N) is 4. The molecule has 9 heteroatoms. The van der Waals surface area contributed by atoms with Crippen LogP contribution in [-0.2, 0) is 6.54 Å². The third-order valence-corrected chi connectivity index (χ3v) is 7.19. The molecule has 3 heterocycles. The lowest BCUT2D eigenvalue weighted by molar-refractivity contribution is 0.0774. The molecule has 0 saturated carbocycles. The van der Waals surface area contributed by atoms with Crippen LogP contribution in [0.15, 0.2) is 42.5 Å². The second-order valence-corrected chi connectivity index (χ2v) is 9.31. The second kappa shape index (κ2) is 10.8. The first kappa shape index (κ1) is 24.7. The van der Waals surface area contributed by atoms with Crippen LogP contribution in [0.25, 0.3) is 10.1 Å². The third-order valence-electron chi connectivity index (χ3n) is 6.13. The number of aromatic nitrogens is 1. The minimum Gasteiger partial charge on any atom is -0.412 e. The van der Waals surface area contributed by atoms with Gasteiger partial charge in [-0.05, 0) is 60.7 Å². The van der Waals surface area contributed by atoms with E-state index in [9.17, 15) is 4.79 Å². The molecule has 5 rings (SSSR count). The van der Waals surface area contributed by atoms with E-state index in [1.165, 1.54) is 10.1 Å². The first-order valence-electron chi connectivity index (χ1n) is 10.6. The van der Waals surface area contributed by atoms with Gasteiger partial charge in [0, 0.05) is 55.2 Å². The van der Waals surface area contributed by atoms with Gasteiger partial charge in [0.25, 0.3) is 5.91 Å². The van der Waals surface area contributed by atoms with Gasteiger partial charge in [-0.2, -0.15) is 4.37 Å². The topological polar surface area (TPSA) is 71.2 Å². The maximum absolute atomic E-state index is 12.5. The molecule has 0 bridgehead atoms. The quantitative estimate of drug-likeness (QED) is 0.483. The van der Waals surface area contributed by atoms with Crippen LogP contribution in [0.5, 0.6) is 0 Å². The van der Waals surface area contributed by atoms with Crippen LogP contribution in [0.4, 0.5) is 5.82 Å². The van der Waals surface area contributed by atoms with Crippen LogP contribution >= 0.6 is 35.5 Å². The van der Waals surface area contributed by atoms with Crippen molar-refractivity contribution >= 4 is 57.4 Å². The maximum Gasteiger partial charge on any atom is 0.254 e. The molecule has 32 heavy (non-hydrogen) atoms. The predicted molar refractivity (Wildman–Crippen MR) is 135 cm³/mol. The van der Waals surface area contributed by atoms with E-state index >= 15 is 0 Å². The normalized spacial score (nSPS) is 16.1. The van der Waals surface area contributed by atoms with Gasteiger partial charge in [-0.1, -0.05) is 29.8 Å². The molecule has 1 saturated heterocycles. The molecular weight excluding hydrogens is 467 g/mol. The van der Waals surface area contributed by atoms with Gasteiger partial charge < -0.3 is 15.3 Å². The second-order valence-electron chi connectivity index (χ2n) is 8.07. The van der Waals surface area contributed by atoms with Crippen LogP contribution < -0.4 is 4.90 Å². The fraction of sp³-hybridized carbons (Fsp3) is 0.391. The molecular formula is C23H28Cl2N4O2S. The van der Waals surface area contributed by atoms with Crippen molar-refractivity contribution in [1.82, 2.24) is 14.2 Å². The molecule has 172 valence electrons. The van der Waals surface area contributed by atoms with Crippen LogP contribution in [0.1, 0.15) is 28.8 Å². The number of hydrogen-bond donors (Lipinski definition) is 0. The summed E-state index contributed by atoms with van der Waals surface area (Å²) in [7, 11) is 0. The Kier molecular flexibility index (Phi) is 8.36. The molecule has 0 spiro atoms. The van der Waals surface area contributed by atoms with Gasteiger partial charge in [0.05, 0.1) is 4.70 Å². The van der Waals surface area contributed by atoms with Crippen molar-refractivity contribution in [3.63, 3.8) is 0 Å². The molecule has 2 N–H and O–H groups in total. The summed E-state index contributed by atoms with van der Waals surface area (Å²) in [5.41, 5.74) is 1.86. The van der Waals surface area contributed by atoms with Gasteiger partial charge in [0.1, 0.15) is 5.82 Å². The number of fused-ring (bicyclic) bond motifs is 2. The van der Waals surface area contributed by atoms with Gasteiger partial charge in [-0.25, -0.2) is 0 Å². The first-order valence-corrected chi connectivity index (χ1v) is 11.7. The van der Waals surface area contributed by atoms with Crippen molar-refractivity contribution in [3.05, 3.63) is 58.6 Å². The SMILES string of the molecule is Cl.O.O=C1c2cc(Cl)ccc2CN1CCCCN1CCN(c2nsc3ccccc23)CC1. The Labute approximate surface area is 203 Å². The summed E-state index contributed by atoms with van der Waals surface area (Å²) < 4.78 is 5.96. The van der Waals surface area contributed by atoms with Gasteiger partial charge in [0.15, 0.2) is 0 Å². The number of carbonyl (C=O) groups excluding carboxylic acids is 1. The zero-order chi connectivity index (χ0) is 20.5. The van der Waals surface area contributed by atoms with E-state index in [0.29, 0.717) is 11.6 Å². The standard InChI is InChI=1S/C23H25ClN4OS.ClH.H2O/c24-18-8-7-17-16-28(23(29)20(17)15-18)10-4-3-9-26-11-13-27(14-12-26)22-19-5-1-2-6-21(19)30-25-22;;/h1-2,5-8,15H,3-4,9-14,16H2;1H;1H2. The number of unbranched alkanes of at least 4 members (excludes halogenated alkanes) is 1. The number of hydrogen-bond acceptors (Lipinski definition) is 5. The van der Waals surface area contributed by atoms with Crippen LogP contribution in [0, 0.1) is 0 Å². The summed E-state index contributed by atoms with van der Waals surface area (Å²) in [6, 6.07) is 14.1. The van der Waals surface area contributed by atoms with Gasteiger partial charge in [-0.15, -0.1) is 12.4 Å². The lowest BCUT2D eigenvalue weighted by atomic mass is 10.1. The van der Waals surface area contributed by atoms with E-state index in [1.807, 2.05) is 17.0 Å². The first-order chi connectivity index (χ1) is 14.7. The molecule has 3 aromatic rings. The average Bonchev–Trinajstić information content (AvgIpc) is 3.33. The number of carbonyl (C=O) groups is 1. The fourth-order valence-electron chi connectivity index (χ4n) is 4.44. The number of halogens is 2. The smallest absolute Gasteiger partial charge is 0.254 e. The van der Waals surface area contributed by atoms with Crippen molar-refractivity contribution in [2.45, 2.75) is 19.4 Å². The van der Waals surface area contributed by atoms with E-state index < -0.39 is 0 Å². The zero-order valence-corrected chi connectivity index (χ0v) is 20.2. The molecule has 6 nitrogen and oxygen atoms in total. The highest BCUT2D eigenvalue weighted by Gasteiger charge is 2.27. The highest BCUT2D eigenvalue weighted by atomic mass is 35.5. The highest BCUT2D eigenvalue weighted by Crippen LogP contribution is 2.30. The van der Waals surface area contributed by atoms with Gasteiger partial charge >= 0.3 is 0 Å². The largest absolute Gasteiger partial charge is 0.412 e. The van der Waals surface area contributed by atoms with Crippen molar-refractivity contribution in [1.29, 1.82) is 0 Å². The van der Waals surface area contributed by atoms with E-state index in [-0.39, 0.29) is 23.8 Å². The Balaban J connectivity index is 0.00000144. The van der Waals surface area contributed by atoms with E-state index in [4.69, 9.17) is 16.0 Å². The van der Waals surface area contributed by atoms with E-state index in [0.717, 1.165) is 69.1 Å². The molecule has 0 unspecified atom stereocenters. The van der Waals surface area contributed by atoms with Crippen molar-refractivity contribution in [2.75, 3.05) is 44.2 Å². The summed E-state index contributed by atoms with van der Waals surface area (Å²) in [5.74, 6) is 1.26. The molecule has 2 aromatic carbocycles. The summed E-state index contributed by atoms with van der Waals surface area (Å²) >= 11 is 7.63. The summed E-state index contributed by atoms with van der Waals surface area (Å²) in [5, 5.41) is 1.90. The molecule has 2 aliphatic heterocycles. The fourth-order valence-corrected chi connectivity index (χ4v) is 5.40. The van der Waals surface area contributed by atoms with Crippen LogP contribution in [-0.4, -0.2) is 64.8 Å². The van der Waals surface area contributed by atoms with Crippen LogP contribution in [0.3, 0.4) is 0 Å². The Morgan fingerprint density at radius 3 is 2.56 bits per heavy atom. The molecule has 2 aliphatic rings. The molecule has 1 fully saturated rings. The van der Waals surface area contributed by atoms with Gasteiger partial charge in [-0.3, -0.25) is 9.69 Å². The van der Waals surface area contributed by atoms with Crippen molar-refractivity contribution in [3.8, 4) is 0 Å². The summed E-state index contributed by atoms with van der Waals surface area (Å²) in [6.07, 6.45) is 2.14. The Bertz CT molecular complexity index is 1070. The number of anilines is 1. The number of benzene rings is 2. The third kappa shape index (κ3) is 5.02. The molecule has 1 amide bonds. The lowest BCUT2D eigenvalue weighted by Gasteiger charge is -2.35. The van der Waals surface area contributed by atoms with Gasteiger partial charge in [0.2, 0.25) is 0 Å². The molecule has 0 radical (unpaired) electrons. The molecule has 1 aromatic heterocycles. The maximum atomic E-state index is 12.5. The molecule has 0 atom stereocenters. The monoisotopic (exact) mass is 494 g/mol. The summed E-state index contributed by atoms with van der Waals surface area (Å²) in [4.78, 5) is 19.4.